The van der Waals surface area contributed by atoms with E-state index in [1.54, 1.807) is 60.1 Å². The predicted molar refractivity (Wildman–Crippen MR) is 211 cm³/mol. The Labute approximate surface area is 323 Å². The predicted octanol–water partition coefficient (Wildman–Crippen LogP) is 7.84. The highest BCUT2D eigenvalue weighted by Gasteiger charge is 2.66. The molecule has 1 saturated heterocycles. The molecule has 2 N–H and O–H groups in total. The van der Waals surface area contributed by atoms with Crippen LogP contribution in [0.1, 0.15) is 52.0 Å². The van der Waals surface area contributed by atoms with Gasteiger partial charge >= 0.3 is 0 Å². The van der Waals surface area contributed by atoms with E-state index < -0.39 is 31.6 Å². The van der Waals surface area contributed by atoms with Crippen LogP contribution in [0, 0.1) is 5.92 Å². The van der Waals surface area contributed by atoms with Gasteiger partial charge in [0.15, 0.2) is 5.60 Å². The van der Waals surface area contributed by atoms with Crippen molar-refractivity contribution in [3.8, 4) is 5.75 Å². The van der Waals surface area contributed by atoms with Crippen molar-refractivity contribution in [2.75, 3.05) is 23.9 Å². The number of aryl methyl sites for hydroxylation is 1. The molecule has 2 aliphatic rings. The van der Waals surface area contributed by atoms with E-state index in [1.807, 2.05) is 79.9 Å². The lowest BCUT2D eigenvalue weighted by atomic mass is 9.82. The van der Waals surface area contributed by atoms with Crippen molar-refractivity contribution in [3.63, 3.8) is 0 Å². The lowest BCUT2D eigenvalue weighted by Crippen LogP contribution is -2.45. The number of nitrogens with one attached hydrogen (secondary N) is 1. The van der Waals surface area contributed by atoms with Crippen LogP contribution in [0.2, 0.25) is 18.6 Å². The van der Waals surface area contributed by atoms with Gasteiger partial charge in [-0.1, -0.05) is 70.5 Å². The Bertz CT molecular complexity index is 2150. The minimum atomic E-state index is -3.39. The zero-order valence-corrected chi connectivity index (χ0v) is 33.2. The van der Waals surface area contributed by atoms with E-state index in [0.29, 0.717) is 46.9 Å². The molecule has 7 rings (SSSR count). The number of rotatable bonds is 12. The minimum absolute atomic E-state index is 0.117. The van der Waals surface area contributed by atoms with Gasteiger partial charge in [-0.25, -0.2) is 0 Å². The molecule has 2 aliphatic heterocycles. The lowest BCUT2D eigenvalue weighted by molar-refractivity contribution is -0.146. The number of halogens is 2. The maximum atomic E-state index is 16.5. The van der Waals surface area contributed by atoms with Crippen LogP contribution in [0.3, 0.4) is 0 Å². The molecule has 0 bridgehead atoms. The molecule has 10 nitrogen and oxygen atoms in total. The van der Waals surface area contributed by atoms with Crippen molar-refractivity contribution in [2.45, 2.75) is 62.7 Å². The summed E-state index contributed by atoms with van der Waals surface area (Å²) in [4.78, 5) is 29.6. The minimum Gasteiger partial charge on any atom is -0.497 e. The Kier molecular flexibility index (Phi) is 10.6. The Morgan fingerprint density at radius 2 is 1.83 bits per heavy atom. The molecule has 13 heteroatoms. The van der Waals surface area contributed by atoms with Gasteiger partial charge in [-0.2, -0.15) is 0 Å². The number of anilines is 2. The van der Waals surface area contributed by atoms with Gasteiger partial charge in [0.2, 0.25) is 8.41 Å². The van der Waals surface area contributed by atoms with Gasteiger partial charge < -0.3 is 28.9 Å². The molecule has 2 amide bonds. The average molecular weight is 813 g/mol. The molecular weight excluding hydrogens is 769 g/mol. The fourth-order valence-electron chi connectivity index (χ4n) is 8.22. The summed E-state index contributed by atoms with van der Waals surface area (Å²) in [5, 5.41) is 21.8. The number of aliphatic hydroxyl groups is 1. The van der Waals surface area contributed by atoms with Crippen LogP contribution in [0.4, 0.5) is 15.5 Å². The number of ether oxygens (including phenoxy) is 2. The Morgan fingerprint density at radius 3 is 2.54 bits per heavy atom. The molecule has 0 saturated carbocycles. The molecule has 1 aromatic heterocycles. The normalized spacial score (nSPS) is 21.4. The van der Waals surface area contributed by atoms with E-state index in [9.17, 15) is 14.7 Å². The number of carbonyl (C=O) groups is 2. The Balaban J connectivity index is 1.13. The smallest absolute Gasteiger partial charge is 0.264 e. The fourth-order valence-corrected chi connectivity index (χ4v) is 11.1. The summed E-state index contributed by atoms with van der Waals surface area (Å²) in [6.07, 6.45) is 1.67. The van der Waals surface area contributed by atoms with Gasteiger partial charge in [-0.15, -0.1) is 5.10 Å². The van der Waals surface area contributed by atoms with Crippen molar-refractivity contribution in [1.82, 2.24) is 15.0 Å². The van der Waals surface area contributed by atoms with Crippen LogP contribution < -0.4 is 15.0 Å². The quantitative estimate of drug-likeness (QED) is 0.0974. The highest BCUT2D eigenvalue weighted by atomic mass is 79.9. The number of hydrogen-bond donors (Lipinski definition) is 2. The highest BCUT2D eigenvalue weighted by Crippen LogP contribution is 2.60. The average Bonchev–Trinajstić information content (AvgIpc) is 3.81. The number of aliphatic hydroxyl groups excluding tert-OH is 1. The van der Waals surface area contributed by atoms with Crippen molar-refractivity contribution >= 4 is 47.5 Å². The van der Waals surface area contributed by atoms with Gasteiger partial charge in [-0.3, -0.25) is 14.3 Å². The summed E-state index contributed by atoms with van der Waals surface area (Å²) in [6.45, 7) is 5.82. The van der Waals surface area contributed by atoms with Crippen molar-refractivity contribution in [2.24, 2.45) is 5.92 Å². The number of nitrogens with zero attached hydrogens (tertiary/aromatic N) is 4. The van der Waals surface area contributed by atoms with Gasteiger partial charge in [0, 0.05) is 45.5 Å². The molecule has 280 valence electrons. The summed E-state index contributed by atoms with van der Waals surface area (Å²) in [7, 11) is -1.82. The van der Waals surface area contributed by atoms with Crippen molar-refractivity contribution < 1.29 is 28.3 Å². The first-order chi connectivity index (χ1) is 25.9. The van der Waals surface area contributed by atoms with Crippen LogP contribution in [0.25, 0.3) is 0 Å². The number of benzene rings is 4. The second-order valence-electron chi connectivity index (χ2n) is 14.5. The molecule has 1 spiro atoms. The van der Waals surface area contributed by atoms with Crippen LogP contribution in [0.5, 0.6) is 5.75 Å². The zero-order valence-electron chi connectivity index (χ0n) is 30.6. The van der Waals surface area contributed by atoms with E-state index in [0.717, 1.165) is 15.6 Å². The third kappa shape index (κ3) is 7.13. The van der Waals surface area contributed by atoms with E-state index in [1.165, 1.54) is 0 Å². The van der Waals surface area contributed by atoms with Gasteiger partial charge in [0.25, 0.3) is 11.8 Å². The van der Waals surface area contributed by atoms with Crippen LogP contribution in [-0.4, -0.2) is 60.1 Å². The monoisotopic (exact) mass is 811 g/mol. The zero-order chi connectivity index (χ0) is 38.2. The third-order valence-corrected chi connectivity index (χ3v) is 13.7. The molecule has 5 aromatic rings. The first-order valence-electron chi connectivity index (χ1n) is 18.0. The van der Waals surface area contributed by atoms with Crippen molar-refractivity contribution in [3.05, 3.63) is 136 Å². The van der Waals surface area contributed by atoms with Gasteiger partial charge in [0.1, 0.15) is 5.75 Å². The second kappa shape index (κ2) is 15.2. The van der Waals surface area contributed by atoms with Crippen molar-refractivity contribution in [1.29, 1.82) is 0 Å². The Morgan fingerprint density at radius 1 is 1.07 bits per heavy atom. The van der Waals surface area contributed by atoms with E-state index >= 15 is 4.11 Å². The fraction of sp³-hybridized carbons (Fsp3) is 0.317. The molecule has 0 radical (unpaired) electrons. The summed E-state index contributed by atoms with van der Waals surface area (Å²) >= 11 is 3.62. The lowest BCUT2D eigenvalue weighted by Gasteiger charge is -2.31. The number of methoxy groups -OCH3 is 1. The van der Waals surface area contributed by atoms with Crippen LogP contribution in [-0.2, 0) is 28.2 Å². The third-order valence-electron chi connectivity index (χ3n) is 10.7. The summed E-state index contributed by atoms with van der Waals surface area (Å²) in [5.74, 6) is -0.629. The molecule has 3 heterocycles. The van der Waals surface area contributed by atoms with Crippen LogP contribution >= 0.6 is 15.9 Å². The highest BCUT2D eigenvalue weighted by molar-refractivity contribution is 9.10. The number of carbonyl (C=O) groups excluding carboxylic acids is 2. The van der Waals surface area contributed by atoms with Crippen LogP contribution in [0.15, 0.2) is 108 Å². The van der Waals surface area contributed by atoms with E-state index in [2.05, 4.69) is 31.6 Å². The maximum Gasteiger partial charge on any atom is 0.264 e. The molecular formula is C41H43BrFN5O5Si. The summed E-state index contributed by atoms with van der Waals surface area (Å²) in [5.41, 5.74) is 2.99. The number of aromatic nitrogens is 3. The van der Waals surface area contributed by atoms with E-state index in [-0.39, 0.29) is 30.9 Å². The summed E-state index contributed by atoms with van der Waals surface area (Å²) < 4.78 is 31.1. The largest absolute Gasteiger partial charge is 0.497 e. The Hall–Kier alpha value is -4.69. The first-order valence-corrected chi connectivity index (χ1v) is 21.8. The second-order valence-corrected chi connectivity index (χ2v) is 19.3. The molecule has 54 heavy (non-hydrogen) atoms. The number of fused-ring (bicyclic) bond motifs is 2. The summed E-state index contributed by atoms with van der Waals surface area (Å²) in [6, 6.07) is 29.6. The maximum absolute atomic E-state index is 16.5. The van der Waals surface area contributed by atoms with Gasteiger partial charge in [0.05, 0.1) is 43.7 Å². The molecule has 1 fully saturated rings. The van der Waals surface area contributed by atoms with Gasteiger partial charge in [-0.05, 0) is 85.2 Å². The molecule has 0 aliphatic carbocycles. The molecule has 1 unspecified atom stereocenters. The topological polar surface area (TPSA) is 119 Å². The standard InChI is InChI=1S/C41H43BrFN5O5Si/c1-26-38(54(3,4)43)37(19-20-47-24-35(45-46-47)33(25-49)28-10-6-5-7-11-28)53-41(26)34-22-30(42)15-18-36(34)48(40(41)51)23-27-9-8-12-31(21-27)44-39(50)29-13-16-32(52-2)17-14-29/h5-18,21-22,24,26,33,37-38,49H,19-20,23,25H2,1-4H3,(H,44,50)/t26-,33?,37+,38-,41+/m1/s1. The number of amides is 2. The molecule has 5 atom stereocenters. The van der Waals surface area contributed by atoms with E-state index in [4.69, 9.17) is 9.47 Å². The molecule has 4 aromatic carbocycles. The first kappa shape index (κ1) is 37.6. The SMILES string of the molecule is COc1ccc(C(=O)Nc2cccc(CN3C(=O)[C@@]4(O[C@@H](CCn5cc(C(CO)c6ccccc6)nn5)[C@H]([Si](C)(C)F)[C@H]4C)c4cc(Br)ccc43)c2)cc1. The number of hydrogen-bond acceptors (Lipinski definition) is 7.